The average molecular weight is 366 g/mol. The molecule has 0 amide bonds. The summed E-state index contributed by atoms with van der Waals surface area (Å²) in [6, 6.07) is 4.60. The van der Waals surface area contributed by atoms with E-state index < -0.39 is 17.7 Å². The number of benzene rings is 1. The third kappa shape index (κ3) is 3.90. The molecule has 136 valence electrons. The van der Waals surface area contributed by atoms with E-state index in [1.807, 2.05) is 0 Å². The van der Waals surface area contributed by atoms with Crippen LogP contribution in [0, 0.1) is 0 Å². The molecule has 0 atom stereocenters. The van der Waals surface area contributed by atoms with Gasteiger partial charge in [-0.2, -0.15) is 18.3 Å². The third-order valence-corrected chi connectivity index (χ3v) is 3.35. The van der Waals surface area contributed by atoms with E-state index >= 15 is 0 Å². The van der Waals surface area contributed by atoms with Crippen LogP contribution in [0.2, 0.25) is 0 Å². The summed E-state index contributed by atoms with van der Waals surface area (Å²) in [6.45, 7) is 2.00. The highest BCUT2D eigenvalue weighted by atomic mass is 19.4. The van der Waals surface area contributed by atoms with Gasteiger partial charge in [-0.05, 0) is 25.1 Å². The first-order valence-electron chi connectivity index (χ1n) is 7.56. The van der Waals surface area contributed by atoms with Crippen molar-refractivity contribution in [3.63, 3.8) is 0 Å². The molecule has 0 aliphatic carbocycles. The average Bonchev–Trinajstić information content (AvgIpc) is 3.25. The number of esters is 1. The maximum absolute atomic E-state index is 12.8. The van der Waals surface area contributed by atoms with Gasteiger partial charge in [-0.3, -0.25) is 4.68 Å². The molecule has 10 heteroatoms. The Labute approximate surface area is 145 Å². The van der Waals surface area contributed by atoms with Gasteiger partial charge >= 0.3 is 12.1 Å². The SMILES string of the molecule is CCOC(=O)c1cnn(Cc2nnc(-c3cccc(C(F)(F)F)c3)o2)c1. The number of nitrogens with zero attached hydrogens (tertiary/aromatic N) is 4. The maximum atomic E-state index is 12.8. The molecule has 0 bridgehead atoms. The Bertz CT molecular complexity index is 917. The van der Waals surface area contributed by atoms with Gasteiger partial charge in [0.1, 0.15) is 6.54 Å². The minimum atomic E-state index is -4.46. The summed E-state index contributed by atoms with van der Waals surface area (Å²) >= 11 is 0. The van der Waals surface area contributed by atoms with E-state index in [9.17, 15) is 18.0 Å². The fraction of sp³-hybridized carbons (Fsp3) is 0.250. The highest BCUT2D eigenvalue weighted by molar-refractivity contribution is 5.88. The summed E-state index contributed by atoms with van der Waals surface area (Å²) < 4.78 is 50.0. The molecule has 0 spiro atoms. The van der Waals surface area contributed by atoms with Crippen molar-refractivity contribution in [2.45, 2.75) is 19.6 Å². The highest BCUT2D eigenvalue weighted by Gasteiger charge is 2.30. The van der Waals surface area contributed by atoms with Crippen molar-refractivity contribution in [3.8, 4) is 11.5 Å². The second kappa shape index (κ2) is 6.98. The first kappa shape index (κ1) is 17.6. The highest BCUT2D eigenvalue weighted by Crippen LogP contribution is 2.31. The van der Waals surface area contributed by atoms with Crippen LogP contribution in [0.3, 0.4) is 0 Å². The topological polar surface area (TPSA) is 83.0 Å². The largest absolute Gasteiger partial charge is 0.462 e. The van der Waals surface area contributed by atoms with Crippen molar-refractivity contribution in [2.75, 3.05) is 6.61 Å². The fourth-order valence-electron chi connectivity index (χ4n) is 2.17. The van der Waals surface area contributed by atoms with E-state index in [0.29, 0.717) is 0 Å². The second-order valence-electron chi connectivity index (χ2n) is 5.23. The minimum absolute atomic E-state index is 0.0381. The van der Waals surface area contributed by atoms with Crippen molar-refractivity contribution in [2.24, 2.45) is 0 Å². The van der Waals surface area contributed by atoms with Crippen LogP contribution in [0.5, 0.6) is 0 Å². The van der Waals surface area contributed by atoms with Crippen LogP contribution in [0.4, 0.5) is 13.2 Å². The first-order chi connectivity index (χ1) is 12.4. The van der Waals surface area contributed by atoms with Crippen molar-refractivity contribution < 1.29 is 27.1 Å². The third-order valence-electron chi connectivity index (χ3n) is 3.35. The minimum Gasteiger partial charge on any atom is -0.462 e. The molecule has 1 aromatic carbocycles. The molecule has 3 aromatic rings. The molecule has 2 heterocycles. The zero-order valence-corrected chi connectivity index (χ0v) is 13.5. The van der Waals surface area contributed by atoms with Gasteiger partial charge in [-0.25, -0.2) is 4.79 Å². The molecule has 7 nitrogen and oxygen atoms in total. The van der Waals surface area contributed by atoms with Gasteiger partial charge in [0.05, 0.1) is 23.9 Å². The molecule has 0 aliphatic heterocycles. The Hall–Kier alpha value is -3.17. The van der Waals surface area contributed by atoms with Crippen LogP contribution in [0.1, 0.15) is 28.7 Å². The molecule has 0 radical (unpaired) electrons. The quantitative estimate of drug-likeness (QED) is 0.645. The van der Waals surface area contributed by atoms with Gasteiger partial charge in [0.25, 0.3) is 0 Å². The molecular weight excluding hydrogens is 353 g/mol. The molecule has 0 N–H and O–H groups in total. The maximum Gasteiger partial charge on any atom is 0.416 e. The van der Waals surface area contributed by atoms with Gasteiger partial charge in [-0.15, -0.1) is 10.2 Å². The van der Waals surface area contributed by atoms with Crippen LogP contribution >= 0.6 is 0 Å². The van der Waals surface area contributed by atoms with Gasteiger partial charge in [0.15, 0.2) is 0 Å². The number of halogens is 3. The zero-order valence-electron chi connectivity index (χ0n) is 13.5. The Morgan fingerprint density at radius 2 is 2.12 bits per heavy atom. The molecule has 0 fully saturated rings. The van der Waals surface area contributed by atoms with E-state index in [2.05, 4.69) is 15.3 Å². The van der Waals surface area contributed by atoms with Crippen LogP contribution in [0.25, 0.3) is 11.5 Å². The number of alkyl halides is 3. The summed E-state index contributed by atoms with van der Waals surface area (Å²) in [4.78, 5) is 11.6. The van der Waals surface area contributed by atoms with Gasteiger partial charge < -0.3 is 9.15 Å². The first-order valence-corrected chi connectivity index (χ1v) is 7.56. The number of ether oxygens (including phenoxy) is 1. The lowest BCUT2D eigenvalue weighted by atomic mass is 10.1. The summed E-state index contributed by atoms with van der Waals surface area (Å²) in [7, 11) is 0. The predicted molar refractivity (Wildman–Crippen MR) is 82.0 cm³/mol. The standard InChI is InChI=1S/C16H13F3N4O3/c1-2-25-15(24)11-7-20-23(8-11)9-13-21-22-14(26-13)10-4-3-5-12(6-10)16(17,18)19/h3-8H,2,9H2,1H3. The lowest BCUT2D eigenvalue weighted by molar-refractivity contribution is -0.137. The Morgan fingerprint density at radius 1 is 1.31 bits per heavy atom. The number of carbonyl (C=O) groups is 1. The molecule has 0 saturated heterocycles. The molecule has 3 rings (SSSR count). The van der Waals surface area contributed by atoms with Crippen LogP contribution in [-0.2, 0) is 17.5 Å². The normalized spacial score (nSPS) is 11.5. The summed E-state index contributed by atoms with van der Waals surface area (Å²) in [5, 5.41) is 11.5. The van der Waals surface area contributed by atoms with E-state index in [4.69, 9.17) is 9.15 Å². The summed E-state index contributed by atoms with van der Waals surface area (Å²) in [5.41, 5.74) is -0.378. The zero-order chi connectivity index (χ0) is 18.7. The molecule has 2 aromatic heterocycles. The van der Waals surface area contributed by atoms with E-state index in [1.165, 1.54) is 29.2 Å². The Kier molecular flexibility index (Phi) is 4.74. The second-order valence-corrected chi connectivity index (χ2v) is 5.23. The van der Waals surface area contributed by atoms with Crippen molar-refractivity contribution in [1.29, 1.82) is 0 Å². The Morgan fingerprint density at radius 3 is 2.85 bits per heavy atom. The van der Waals surface area contributed by atoms with Gasteiger partial charge in [-0.1, -0.05) is 6.07 Å². The van der Waals surface area contributed by atoms with Gasteiger partial charge in [0.2, 0.25) is 11.8 Å². The molecule has 0 aliphatic rings. The lowest BCUT2D eigenvalue weighted by Crippen LogP contribution is -2.04. The van der Waals surface area contributed by atoms with Crippen LogP contribution in [-0.4, -0.2) is 32.6 Å². The monoisotopic (exact) mass is 366 g/mol. The van der Waals surface area contributed by atoms with Crippen molar-refractivity contribution >= 4 is 5.97 Å². The number of carbonyl (C=O) groups excluding carboxylic acids is 1. The molecule has 0 unspecified atom stereocenters. The molecular formula is C16H13F3N4O3. The fourth-order valence-corrected chi connectivity index (χ4v) is 2.17. The van der Waals surface area contributed by atoms with E-state index in [1.54, 1.807) is 6.92 Å². The van der Waals surface area contributed by atoms with E-state index in [-0.39, 0.29) is 36.1 Å². The predicted octanol–water partition coefficient (Wildman–Crippen LogP) is 3.18. The smallest absolute Gasteiger partial charge is 0.416 e. The van der Waals surface area contributed by atoms with Crippen LogP contribution in [0.15, 0.2) is 41.1 Å². The number of aromatic nitrogens is 4. The van der Waals surface area contributed by atoms with E-state index in [0.717, 1.165) is 12.1 Å². The van der Waals surface area contributed by atoms with Crippen molar-refractivity contribution in [3.05, 3.63) is 53.7 Å². The lowest BCUT2D eigenvalue weighted by Gasteiger charge is -2.06. The summed E-state index contributed by atoms with van der Waals surface area (Å²) in [5.74, 6) is -0.409. The molecule has 26 heavy (non-hydrogen) atoms. The number of hydrogen-bond acceptors (Lipinski definition) is 6. The number of hydrogen-bond donors (Lipinski definition) is 0. The van der Waals surface area contributed by atoms with Crippen molar-refractivity contribution in [1.82, 2.24) is 20.0 Å². The van der Waals surface area contributed by atoms with Crippen LogP contribution < -0.4 is 0 Å². The summed E-state index contributed by atoms with van der Waals surface area (Å²) in [6.07, 6.45) is -1.67. The van der Waals surface area contributed by atoms with Gasteiger partial charge in [0, 0.05) is 11.8 Å². The molecule has 0 saturated carbocycles. The number of rotatable bonds is 5. The Balaban J connectivity index is 1.76.